The van der Waals surface area contributed by atoms with Crippen LogP contribution in [0.15, 0.2) is 12.2 Å². The Morgan fingerprint density at radius 1 is 1.19 bits per heavy atom. The van der Waals surface area contributed by atoms with Gasteiger partial charge >= 0.3 is 0 Å². The molecular weight excluding hydrogens is 278 g/mol. The zero-order valence-electron chi connectivity index (χ0n) is 11.5. The standard InChI is InChI=1S/C14H21NO6/c16-5-9-11(17)12(18)10(14(20)21-9)15-13(19)8-4-6-1-2-7(8)3-6/h1-2,6-12,14,16-18,20H,3-5H2,(H,15,19)/t6-,7+,8+,9+,10+,11+,12+,14?/m0/s1. The largest absolute Gasteiger partial charge is 0.394 e. The predicted octanol–water partition coefficient (Wildman–Crippen LogP) is -1.89. The van der Waals surface area contributed by atoms with Crippen LogP contribution in [0.1, 0.15) is 12.8 Å². The van der Waals surface area contributed by atoms with Crippen LogP contribution in [0.25, 0.3) is 0 Å². The number of aliphatic hydroxyl groups is 4. The third-order valence-corrected chi connectivity index (χ3v) is 4.82. The summed E-state index contributed by atoms with van der Waals surface area (Å²) in [5, 5.41) is 41.2. The smallest absolute Gasteiger partial charge is 0.224 e. The molecule has 21 heavy (non-hydrogen) atoms. The van der Waals surface area contributed by atoms with Crippen LogP contribution in [0.4, 0.5) is 0 Å². The van der Waals surface area contributed by atoms with E-state index in [1.165, 1.54) is 0 Å². The fraction of sp³-hybridized carbons (Fsp3) is 0.786. The van der Waals surface area contributed by atoms with Crippen LogP contribution in [-0.4, -0.2) is 63.6 Å². The van der Waals surface area contributed by atoms with Gasteiger partial charge in [0.1, 0.15) is 24.4 Å². The molecule has 5 N–H and O–H groups in total. The maximum absolute atomic E-state index is 12.3. The second-order valence-corrected chi connectivity index (χ2v) is 6.15. The summed E-state index contributed by atoms with van der Waals surface area (Å²) >= 11 is 0. The van der Waals surface area contributed by atoms with Gasteiger partial charge < -0.3 is 30.5 Å². The van der Waals surface area contributed by atoms with E-state index in [0.717, 1.165) is 12.8 Å². The minimum absolute atomic E-state index is 0.160. The van der Waals surface area contributed by atoms with E-state index in [9.17, 15) is 20.1 Å². The Balaban J connectivity index is 1.64. The molecule has 0 aromatic carbocycles. The van der Waals surface area contributed by atoms with Crippen molar-refractivity contribution in [1.29, 1.82) is 0 Å². The van der Waals surface area contributed by atoms with Gasteiger partial charge in [0.2, 0.25) is 5.91 Å². The molecule has 7 nitrogen and oxygen atoms in total. The number of allylic oxidation sites excluding steroid dienone is 2. The average Bonchev–Trinajstić information content (AvgIpc) is 3.09. The number of ether oxygens (including phenoxy) is 1. The summed E-state index contributed by atoms with van der Waals surface area (Å²) in [5.41, 5.74) is 0. The van der Waals surface area contributed by atoms with Gasteiger partial charge in [0.15, 0.2) is 6.29 Å². The molecule has 3 aliphatic rings. The molecule has 1 saturated carbocycles. The van der Waals surface area contributed by atoms with E-state index in [4.69, 9.17) is 9.84 Å². The highest BCUT2D eigenvalue weighted by molar-refractivity contribution is 5.80. The van der Waals surface area contributed by atoms with E-state index in [-0.39, 0.29) is 17.7 Å². The normalized spacial score (nSPS) is 48.6. The number of carbonyl (C=O) groups is 1. The zero-order valence-corrected chi connectivity index (χ0v) is 11.5. The minimum Gasteiger partial charge on any atom is -0.394 e. The lowest BCUT2D eigenvalue weighted by Gasteiger charge is -2.40. The van der Waals surface area contributed by atoms with E-state index in [1.54, 1.807) is 0 Å². The van der Waals surface area contributed by atoms with Gasteiger partial charge in [0, 0.05) is 5.92 Å². The second kappa shape index (κ2) is 5.66. The molecule has 2 aliphatic carbocycles. The number of fused-ring (bicyclic) bond motifs is 2. The van der Waals surface area contributed by atoms with Gasteiger partial charge in [-0.3, -0.25) is 4.79 Å². The lowest BCUT2D eigenvalue weighted by Crippen LogP contribution is -2.64. The SMILES string of the molecule is O=C(N[C@H]1C(O)O[C@H](CO)[C@@H](O)[C@@H]1O)[C@@H]1C[C@H]2C=C[C@@H]1C2. The van der Waals surface area contributed by atoms with Crippen LogP contribution in [0, 0.1) is 17.8 Å². The molecule has 0 spiro atoms. The van der Waals surface area contributed by atoms with Crippen LogP contribution in [0.2, 0.25) is 0 Å². The summed E-state index contributed by atoms with van der Waals surface area (Å²) in [6.45, 7) is -0.521. The first kappa shape index (κ1) is 14.9. The Kier molecular flexibility index (Phi) is 4.02. The zero-order chi connectivity index (χ0) is 15.1. The number of hydrogen-bond donors (Lipinski definition) is 5. The second-order valence-electron chi connectivity index (χ2n) is 6.15. The molecule has 2 bridgehead atoms. The topological polar surface area (TPSA) is 119 Å². The molecule has 1 unspecified atom stereocenters. The predicted molar refractivity (Wildman–Crippen MR) is 70.8 cm³/mol. The summed E-state index contributed by atoms with van der Waals surface area (Å²) in [7, 11) is 0. The Labute approximate surface area is 122 Å². The summed E-state index contributed by atoms with van der Waals surface area (Å²) in [5.74, 6) is 0.247. The molecule has 1 amide bonds. The van der Waals surface area contributed by atoms with Crippen molar-refractivity contribution in [2.75, 3.05) is 6.61 Å². The first-order valence-corrected chi connectivity index (χ1v) is 7.30. The highest BCUT2D eigenvalue weighted by atomic mass is 16.6. The van der Waals surface area contributed by atoms with Gasteiger partial charge in [-0.25, -0.2) is 0 Å². The number of rotatable bonds is 3. The summed E-state index contributed by atoms with van der Waals surface area (Å²) in [6.07, 6.45) is 0.644. The summed E-state index contributed by atoms with van der Waals surface area (Å²) in [4.78, 5) is 12.3. The Bertz CT molecular complexity index is 441. The molecule has 0 radical (unpaired) electrons. The van der Waals surface area contributed by atoms with Gasteiger partial charge in [0.25, 0.3) is 0 Å². The number of hydrogen-bond acceptors (Lipinski definition) is 6. The molecule has 1 heterocycles. The van der Waals surface area contributed by atoms with Crippen molar-refractivity contribution in [3.8, 4) is 0 Å². The quantitative estimate of drug-likeness (QED) is 0.389. The van der Waals surface area contributed by atoms with Gasteiger partial charge in [-0.15, -0.1) is 0 Å². The van der Waals surface area contributed by atoms with Gasteiger partial charge in [-0.1, -0.05) is 12.2 Å². The number of aliphatic hydroxyl groups excluding tert-OH is 4. The molecule has 7 heteroatoms. The third-order valence-electron chi connectivity index (χ3n) is 4.82. The third kappa shape index (κ3) is 2.60. The molecule has 8 atom stereocenters. The average molecular weight is 299 g/mol. The van der Waals surface area contributed by atoms with E-state index < -0.39 is 37.3 Å². The van der Waals surface area contributed by atoms with Crippen molar-refractivity contribution in [3.05, 3.63) is 12.2 Å². The van der Waals surface area contributed by atoms with E-state index in [0.29, 0.717) is 5.92 Å². The molecule has 2 fully saturated rings. The fourth-order valence-electron chi connectivity index (χ4n) is 3.61. The Hall–Kier alpha value is -0.990. The highest BCUT2D eigenvalue weighted by Crippen LogP contribution is 2.43. The van der Waals surface area contributed by atoms with Crippen LogP contribution in [0.3, 0.4) is 0 Å². The van der Waals surface area contributed by atoms with E-state index in [1.807, 2.05) is 6.08 Å². The lowest BCUT2D eigenvalue weighted by molar-refractivity contribution is -0.254. The van der Waals surface area contributed by atoms with Gasteiger partial charge in [0.05, 0.1) is 6.61 Å². The molecule has 1 saturated heterocycles. The molecule has 3 rings (SSSR count). The van der Waals surface area contributed by atoms with Crippen LogP contribution >= 0.6 is 0 Å². The Morgan fingerprint density at radius 3 is 2.52 bits per heavy atom. The van der Waals surface area contributed by atoms with Gasteiger partial charge in [-0.05, 0) is 24.7 Å². The molecule has 118 valence electrons. The van der Waals surface area contributed by atoms with Crippen LogP contribution in [0.5, 0.6) is 0 Å². The summed E-state index contributed by atoms with van der Waals surface area (Å²) < 4.78 is 5.02. The summed E-state index contributed by atoms with van der Waals surface area (Å²) in [6, 6.07) is -1.10. The van der Waals surface area contributed by atoms with Crippen molar-refractivity contribution in [1.82, 2.24) is 5.32 Å². The molecule has 0 aromatic heterocycles. The highest BCUT2D eigenvalue weighted by Gasteiger charge is 2.46. The number of nitrogens with one attached hydrogen (secondary N) is 1. The van der Waals surface area contributed by atoms with Gasteiger partial charge in [-0.2, -0.15) is 0 Å². The molecule has 0 aromatic rings. The number of amides is 1. The van der Waals surface area contributed by atoms with Crippen molar-refractivity contribution >= 4 is 5.91 Å². The maximum Gasteiger partial charge on any atom is 0.224 e. The molecule has 1 aliphatic heterocycles. The first-order valence-electron chi connectivity index (χ1n) is 7.30. The van der Waals surface area contributed by atoms with Crippen molar-refractivity contribution in [2.45, 2.75) is 43.5 Å². The van der Waals surface area contributed by atoms with Crippen molar-refractivity contribution in [2.24, 2.45) is 17.8 Å². The fourth-order valence-corrected chi connectivity index (χ4v) is 3.61. The van der Waals surface area contributed by atoms with Crippen LogP contribution < -0.4 is 5.32 Å². The Morgan fingerprint density at radius 2 is 1.95 bits per heavy atom. The monoisotopic (exact) mass is 299 g/mol. The van der Waals surface area contributed by atoms with Crippen molar-refractivity contribution < 1.29 is 30.0 Å². The first-order chi connectivity index (χ1) is 10.0. The van der Waals surface area contributed by atoms with E-state index in [2.05, 4.69) is 11.4 Å². The molecular formula is C14H21NO6. The van der Waals surface area contributed by atoms with Crippen molar-refractivity contribution in [3.63, 3.8) is 0 Å². The minimum atomic E-state index is -1.46. The van der Waals surface area contributed by atoms with E-state index >= 15 is 0 Å². The maximum atomic E-state index is 12.3. The lowest BCUT2D eigenvalue weighted by atomic mass is 9.91. The van der Waals surface area contributed by atoms with Crippen LogP contribution in [-0.2, 0) is 9.53 Å². The number of carbonyl (C=O) groups excluding carboxylic acids is 1.